The Bertz CT molecular complexity index is 721. The van der Waals surface area contributed by atoms with Gasteiger partial charge in [-0.2, -0.15) is 13.2 Å². The first kappa shape index (κ1) is 30.0. The highest BCUT2D eigenvalue weighted by Gasteiger charge is 2.57. The molecule has 3 saturated carbocycles. The van der Waals surface area contributed by atoms with Crippen LogP contribution in [-0.4, -0.2) is 29.3 Å². The van der Waals surface area contributed by atoms with Gasteiger partial charge in [0.1, 0.15) is 11.2 Å². The molecule has 4 nitrogen and oxygen atoms in total. The normalized spacial score (nSPS) is 28.3. The molecule has 3 fully saturated rings. The molecule has 7 heteroatoms. The number of carbonyl (C=O) groups is 2. The van der Waals surface area contributed by atoms with E-state index in [1.165, 1.54) is 72.6 Å². The molecule has 0 aliphatic heterocycles. The highest BCUT2D eigenvalue weighted by atomic mass is 19.4. The summed E-state index contributed by atoms with van der Waals surface area (Å²) in [6.07, 6.45) is 7.63. The van der Waals surface area contributed by atoms with Gasteiger partial charge in [0.15, 0.2) is 5.41 Å². The second-order valence-electron chi connectivity index (χ2n) is 12.3. The number of carbonyl (C=O) groups excluding carboxylic acids is 2. The molecule has 35 heavy (non-hydrogen) atoms. The van der Waals surface area contributed by atoms with Crippen molar-refractivity contribution in [1.82, 2.24) is 0 Å². The van der Waals surface area contributed by atoms with Gasteiger partial charge >= 0.3 is 18.1 Å². The third-order valence-electron chi connectivity index (χ3n) is 8.61. The Hall–Kier alpha value is -1.27. The molecule has 0 N–H and O–H groups in total. The minimum atomic E-state index is -4.58. The standard InChI is InChI=1S/C18H30O2.C10H17F3O2/c1-3-13(2)17(19)20-18(9-5-4-6-10-18)16-12-14-7-8-15(16)11-14;1-6-9(5,10(11,12)13)7(14)15-8(2,3)4/h13-16H,3-12H2,1-2H3;6H2,1-5H3. The van der Waals surface area contributed by atoms with E-state index in [1.54, 1.807) is 0 Å². The van der Waals surface area contributed by atoms with Gasteiger partial charge < -0.3 is 9.47 Å². The maximum Gasteiger partial charge on any atom is 0.404 e. The highest BCUT2D eigenvalue weighted by Crippen LogP contribution is 2.56. The lowest BCUT2D eigenvalue weighted by Crippen LogP contribution is -2.47. The molecule has 204 valence electrons. The van der Waals surface area contributed by atoms with Crippen molar-refractivity contribution in [2.45, 2.75) is 136 Å². The van der Waals surface area contributed by atoms with Gasteiger partial charge in [0.2, 0.25) is 0 Å². The van der Waals surface area contributed by atoms with Gasteiger partial charge in [0, 0.05) is 5.92 Å². The number of alkyl halides is 3. The summed E-state index contributed by atoms with van der Waals surface area (Å²) in [6, 6.07) is 0. The summed E-state index contributed by atoms with van der Waals surface area (Å²) >= 11 is 0. The third kappa shape index (κ3) is 7.15. The van der Waals surface area contributed by atoms with Crippen LogP contribution < -0.4 is 0 Å². The summed E-state index contributed by atoms with van der Waals surface area (Å²) in [5, 5.41) is 0. The fourth-order valence-corrected chi connectivity index (χ4v) is 5.91. The van der Waals surface area contributed by atoms with E-state index in [2.05, 4.69) is 6.92 Å². The molecule has 0 spiro atoms. The van der Waals surface area contributed by atoms with Crippen molar-refractivity contribution in [3.8, 4) is 0 Å². The molecule has 0 amide bonds. The summed E-state index contributed by atoms with van der Waals surface area (Å²) in [6.45, 7) is 10.9. The number of hydrogen-bond acceptors (Lipinski definition) is 4. The largest absolute Gasteiger partial charge is 0.459 e. The molecular formula is C28H47F3O4. The van der Waals surface area contributed by atoms with Gasteiger partial charge in [0.25, 0.3) is 0 Å². The monoisotopic (exact) mass is 504 g/mol. The molecule has 0 heterocycles. The maximum absolute atomic E-state index is 12.6. The van der Waals surface area contributed by atoms with Gasteiger partial charge in [0.05, 0.1) is 5.92 Å². The Morgan fingerprint density at radius 1 is 0.971 bits per heavy atom. The number of fused-ring (bicyclic) bond motifs is 2. The van der Waals surface area contributed by atoms with Crippen LogP contribution in [0, 0.1) is 29.1 Å². The van der Waals surface area contributed by atoms with Crippen molar-refractivity contribution in [3.63, 3.8) is 0 Å². The number of hydrogen-bond donors (Lipinski definition) is 0. The maximum atomic E-state index is 12.6. The van der Waals surface area contributed by atoms with Gasteiger partial charge in [-0.25, -0.2) is 0 Å². The second-order valence-corrected chi connectivity index (χ2v) is 12.3. The first-order valence-electron chi connectivity index (χ1n) is 13.6. The quantitative estimate of drug-likeness (QED) is 0.344. The summed E-state index contributed by atoms with van der Waals surface area (Å²) in [7, 11) is 0. The molecule has 5 unspecified atom stereocenters. The summed E-state index contributed by atoms with van der Waals surface area (Å²) in [4.78, 5) is 23.8. The minimum Gasteiger partial charge on any atom is -0.459 e. The Balaban J connectivity index is 0.000000260. The van der Waals surface area contributed by atoms with E-state index in [9.17, 15) is 22.8 Å². The first-order valence-corrected chi connectivity index (χ1v) is 13.6. The van der Waals surface area contributed by atoms with E-state index < -0.39 is 23.2 Å². The lowest BCUT2D eigenvalue weighted by atomic mass is 9.69. The summed E-state index contributed by atoms with van der Waals surface area (Å²) < 4.78 is 48.9. The van der Waals surface area contributed by atoms with Crippen LogP contribution in [0.15, 0.2) is 0 Å². The first-order chi connectivity index (χ1) is 16.1. The van der Waals surface area contributed by atoms with Gasteiger partial charge in [-0.3, -0.25) is 9.59 Å². The van der Waals surface area contributed by atoms with Crippen LogP contribution in [0.2, 0.25) is 0 Å². The zero-order chi connectivity index (χ0) is 26.7. The molecule has 5 atom stereocenters. The lowest BCUT2D eigenvalue weighted by molar-refractivity contribution is -0.236. The fourth-order valence-electron chi connectivity index (χ4n) is 5.91. The second kappa shape index (κ2) is 11.4. The Morgan fingerprint density at radius 2 is 1.57 bits per heavy atom. The van der Waals surface area contributed by atoms with Gasteiger partial charge in [-0.1, -0.05) is 33.6 Å². The van der Waals surface area contributed by atoms with Crippen molar-refractivity contribution in [3.05, 3.63) is 0 Å². The molecule has 3 aliphatic carbocycles. The van der Waals surface area contributed by atoms with Crippen molar-refractivity contribution >= 4 is 11.9 Å². The van der Waals surface area contributed by atoms with Crippen LogP contribution in [0.5, 0.6) is 0 Å². The fraction of sp³-hybridized carbons (Fsp3) is 0.929. The van der Waals surface area contributed by atoms with Crippen molar-refractivity contribution < 1.29 is 32.2 Å². The zero-order valence-electron chi connectivity index (χ0n) is 22.9. The molecule has 3 aliphatic rings. The van der Waals surface area contributed by atoms with Crippen LogP contribution in [0.3, 0.4) is 0 Å². The Kier molecular flexibility index (Phi) is 9.77. The van der Waals surface area contributed by atoms with Crippen molar-refractivity contribution in [2.24, 2.45) is 29.1 Å². The molecule has 0 saturated heterocycles. The Morgan fingerprint density at radius 3 is 1.97 bits per heavy atom. The van der Waals surface area contributed by atoms with Gasteiger partial charge in [-0.15, -0.1) is 0 Å². The lowest BCUT2D eigenvalue weighted by Gasteiger charge is -2.45. The van der Waals surface area contributed by atoms with E-state index in [0.29, 0.717) is 5.92 Å². The van der Waals surface area contributed by atoms with Crippen LogP contribution in [0.4, 0.5) is 13.2 Å². The zero-order valence-corrected chi connectivity index (χ0v) is 22.9. The van der Waals surface area contributed by atoms with Crippen LogP contribution in [0.1, 0.15) is 119 Å². The molecule has 0 radical (unpaired) electrons. The van der Waals surface area contributed by atoms with E-state index >= 15 is 0 Å². The minimum absolute atomic E-state index is 0.0624. The predicted octanol–water partition coefficient (Wildman–Crippen LogP) is 8.02. The molecule has 0 aromatic carbocycles. The molecule has 0 aromatic heterocycles. The van der Waals surface area contributed by atoms with Crippen LogP contribution in [0.25, 0.3) is 0 Å². The molecular weight excluding hydrogens is 457 g/mol. The van der Waals surface area contributed by atoms with Crippen molar-refractivity contribution in [2.75, 3.05) is 0 Å². The number of esters is 2. The summed E-state index contributed by atoms with van der Waals surface area (Å²) in [5.41, 5.74) is -3.41. The molecule has 0 aromatic rings. The highest BCUT2D eigenvalue weighted by molar-refractivity contribution is 5.77. The number of halogens is 3. The van der Waals surface area contributed by atoms with Crippen molar-refractivity contribution in [1.29, 1.82) is 0 Å². The SMILES string of the molecule is CCC(C)(C(=O)OC(C)(C)C)C(F)(F)F.CCC(C)C(=O)OC1(C2CC3CCC2C3)CCCCC1. The van der Waals surface area contributed by atoms with Crippen LogP contribution >= 0.6 is 0 Å². The molecule has 2 bridgehead atoms. The average Bonchev–Trinajstić information content (AvgIpc) is 3.41. The van der Waals surface area contributed by atoms with E-state index in [4.69, 9.17) is 9.47 Å². The molecule has 3 rings (SSSR count). The number of rotatable bonds is 6. The van der Waals surface area contributed by atoms with Gasteiger partial charge in [-0.05, 0) is 97.3 Å². The van der Waals surface area contributed by atoms with E-state index in [0.717, 1.165) is 38.0 Å². The third-order valence-corrected chi connectivity index (χ3v) is 8.61. The number of ether oxygens (including phenoxy) is 2. The topological polar surface area (TPSA) is 52.6 Å². The summed E-state index contributed by atoms with van der Waals surface area (Å²) in [5.74, 6) is 1.37. The van der Waals surface area contributed by atoms with E-state index in [1.807, 2.05) is 6.92 Å². The average molecular weight is 505 g/mol. The van der Waals surface area contributed by atoms with Crippen LogP contribution in [-0.2, 0) is 19.1 Å². The predicted molar refractivity (Wildman–Crippen MR) is 131 cm³/mol. The smallest absolute Gasteiger partial charge is 0.404 e. The Labute approximate surface area is 210 Å². The van der Waals surface area contributed by atoms with E-state index in [-0.39, 0.29) is 23.9 Å².